The van der Waals surface area contributed by atoms with Crippen molar-refractivity contribution in [3.05, 3.63) is 65.2 Å². The molecule has 2 nitrogen and oxygen atoms in total. The standard InChI is InChI=1S/C20H23NO/c1-21-11-10-18-16-8-3-4-9-17(16)19(13-20(18)21)14-6-5-7-15(12-14)22-2/h3-9,12,18-20H,10-11,13H2,1-2H3/t18?,19?,20-/m0/s1. The summed E-state index contributed by atoms with van der Waals surface area (Å²) in [4.78, 5) is 2.55. The predicted molar refractivity (Wildman–Crippen MR) is 89.7 cm³/mol. The lowest BCUT2D eigenvalue weighted by molar-refractivity contribution is 0.265. The number of hydrogen-bond donors (Lipinski definition) is 0. The van der Waals surface area contributed by atoms with Crippen LogP contribution in [0.1, 0.15) is 41.4 Å². The van der Waals surface area contributed by atoms with E-state index in [1.807, 2.05) is 6.07 Å². The molecule has 0 saturated carbocycles. The number of likely N-dealkylation sites (tertiary alicyclic amines) is 1. The van der Waals surface area contributed by atoms with Crippen LogP contribution in [0.2, 0.25) is 0 Å². The van der Waals surface area contributed by atoms with E-state index in [1.165, 1.54) is 30.5 Å². The summed E-state index contributed by atoms with van der Waals surface area (Å²) < 4.78 is 5.43. The van der Waals surface area contributed by atoms with E-state index in [9.17, 15) is 0 Å². The highest BCUT2D eigenvalue weighted by Crippen LogP contribution is 2.48. The number of benzene rings is 2. The van der Waals surface area contributed by atoms with Gasteiger partial charge in [0.15, 0.2) is 0 Å². The maximum Gasteiger partial charge on any atom is 0.119 e. The lowest BCUT2D eigenvalue weighted by Crippen LogP contribution is -2.34. The van der Waals surface area contributed by atoms with Gasteiger partial charge in [-0.2, -0.15) is 0 Å². The van der Waals surface area contributed by atoms with Crippen LogP contribution in [-0.4, -0.2) is 31.6 Å². The van der Waals surface area contributed by atoms with E-state index < -0.39 is 0 Å². The third kappa shape index (κ3) is 2.14. The van der Waals surface area contributed by atoms with Crippen molar-refractivity contribution in [2.75, 3.05) is 20.7 Å². The van der Waals surface area contributed by atoms with E-state index in [-0.39, 0.29) is 0 Å². The first-order valence-electron chi connectivity index (χ1n) is 8.21. The molecule has 0 spiro atoms. The molecule has 0 N–H and O–H groups in total. The first-order chi connectivity index (χ1) is 10.8. The Bertz CT molecular complexity index is 681. The molecule has 2 unspecified atom stereocenters. The second kappa shape index (κ2) is 5.44. The second-order valence-corrected chi connectivity index (χ2v) is 6.64. The monoisotopic (exact) mass is 293 g/mol. The maximum absolute atomic E-state index is 5.43. The zero-order valence-electron chi connectivity index (χ0n) is 13.3. The minimum Gasteiger partial charge on any atom is -0.497 e. The van der Waals surface area contributed by atoms with Crippen LogP contribution in [0.15, 0.2) is 48.5 Å². The van der Waals surface area contributed by atoms with Gasteiger partial charge in [-0.1, -0.05) is 36.4 Å². The lowest BCUT2D eigenvalue weighted by atomic mass is 9.71. The van der Waals surface area contributed by atoms with Gasteiger partial charge in [-0.3, -0.25) is 0 Å². The van der Waals surface area contributed by atoms with Crippen LogP contribution < -0.4 is 4.74 Å². The van der Waals surface area contributed by atoms with Gasteiger partial charge in [0.25, 0.3) is 0 Å². The summed E-state index contributed by atoms with van der Waals surface area (Å²) in [7, 11) is 4.02. The van der Waals surface area contributed by atoms with Crippen molar-refractivity contribution in [3.8, 4) is 5.75 Å². The third-order valence-electron chi connectivity index (χ3n) is 5.57. The molecule has 22 heavy (non-hydrogen) atoms. The van der Waals surface area contributed by atoms with Crippen molar-refractivity contribution in [1.82, 2.24) is 4.90 Å². The summed E-state index contributed by atoms with van der Waals surface area (Å²) in [6, 6.07) is 18.3. The van der Waals surface area contributed by atoms with Gasteiger partial charge in [0.2, 0.25) is 0 Å². The minimum absolute atomic E-state index is 0.480. The number of ether oxygens (including phenoxy) is 1. The summed E-state index contributed by atoms with van der Waals surface area (Å²) in [5.74, 6) is 2.15. The van der Waals surface area contributed by atoms with Crippen LogP contribution in [-0.2, 0) is 0 Å². The quantitative estimate of drug-likeness (QED) is 0.829. The first kappa shape index (κ1) is 13.8. The van der Waals surface area contributed by atoms with Gasteiger partial charge < -0.3 is 9.64 Å². The molecule has 1 aliphatic heterocycles. The Kier molecular flexibility index (Phi) is 3.42. The van der Waals surface area contributed by atoms with Crippen molar-refractivity contribution in [2.45, 2.75) is 30.7 Å². The summed E-state index contributed by atoms with van der Waals surface area (Å²) in [6.07, 6.45) is 2.51. The van der Waals surface area contributed by atoms with E-state index in [4.69, 9.17) is 4.74 Å². The number of methoxy groups -OCH3 is 1. The Morgan fingerprint density at radius 2 is 1.86 bits per heavy atom. The fourth-order valence-electron chi connectivity index (χ4n) is 4.42. The van der Waals surface area contributed by atoms with E-state index in [1.54, 1.807) is 12.7 Å². The zero-order valence-corrected chi connectivity index (χ0v) is 13.3. The highest BCUT2D eigenvalue weighted by Gasteiger charge is 2.40. The van der Waals surface area contributed by atoms with Crippen LogP contribution in [0.5, 0.6) is 5.75 Å². The Morgan fingerprint density at radius 1 is 1.05 bits per heavy atom. The maximum atomic E-state index is 5.43. The van der Waals surface area contributed by atoms with Gasteiger partial charge in [0.1, 0.15) is 5.75 Å². The fraction of sp³-hybridized carbons (Fsp3) is 0.400. The van der Waals surface area contributed by atoms with Crippen molar-refractivity contribution >= 4 is 0 Å². The average molecular weight is 293 g/mol. The summed E-state index contributed by atoms with van der Waals surface area (Å²) in [5.41, 5.74) is 4.47. The molecule has 0 radical (unpaired) electrons. The zero-order chi connectivity index (χ0) is 15.1. The number of nitrogens with zero attached hydrogens (tertiary/aromatic N) is 1. The largest absolute Gasteiger partial charge is 0.497 e. The van der Waals surface area contributed by atoms with Gasteiger partial charge in [-0.05, 0) is 55.3 Å². The molecule has 2 heteroatoms. The Balaban J connectivity index is 1.80. The highest BCUT2D eigenvalue weighted by molar-refractivity contribution is 5.45. The molecule has 0 bridgehead atoms. The molecule has 114 valence electrons. The number of rotatable bonds is 2. The molecule has 2 aromatic rings. The van der Waals surface area contributed by atoms with Gasteiger partial charge >= 0.3 is 0 Å². The van der Waals surface area contributed by atoms with E-state index in [2.05, 4.69) is 54.4 Å². The van der Waals surface area contributed by atoms with Gasteiger partial charge in [0, 0.05) is 17.9 Å². The highest BCUT2D eigenvalue weighted by atomic mass is 16.5. The van der Waals surface area contributed by atoms with Crippen molar-refractivity contribution in [2.24, 2.45) is 0 Å². The fourth-order valence-corrected chi connectivity index (χ4v) is 4.42. The number of likely N-dealkylation sites (N-methyl/N-ethyl adjacent to an activating group) is 1. The van der Waals surface area contributed by atoms with Crippen molar-refractivity contribution < 1.29 is 4.74 Å². The molecule has 2 aromatic carbocycles. The molecule has 3 atom stereocenters. The first-order valence-corrected chi connectivity index (χ1v) is 8.21. The molecule has 2 aliphatic rings. The van der Waals surface area contributed by atoms with E-state index in [0.29, 0.717) is 17.9 Å². The summed E-state index contributed by atoms with van der Waals surface area (Å²) >= 11 is 0. The molecule has 1 heterocycles. The second-order valence-electron chi connectivity index (χ2n) is 6.64. The Morgan fingerprint density at radius 3 is 2.68 bits per heavy atom. The average Bonchev–Trinajstić information content (AvgIpc) is 2.95. The van der Waals surface area contributed by atoms with Crippen molar-refractivity contribution in [1.29, 1.82) is 0 Å². The molecule has 0 aromatic heterocycles. The van der Waals surface area contributed by atoms with Gasteiger partial charge in [0.05, 0.1) is 7.11 Å². The number of fused-ring (bicyclic) bond motifs is 3. The molecule has 1 saturated heterocycles. The van der Waals surface area contributed by atoms with E-state index >= 15 is 0 Å². The topological polar surface area (TPSA) is 12.5 Å². The van der Waals surface area contributed by atoms with Gasteiger partial charge in [-0.15, -0.1) is 0 Å². The molecule has 0 amide bonds. The smallest absolute Gasteiger partial charge is 0.119 e. The van der Waals surface area contributed by atoms with Crippen LogP contribution in [0.3, 0.4) is 0 Å². The Hall–Kier alpha value is -1.80. The third-order valence-corrected chi connectivity index (χ3v) is 5.57. The molecular weight excluding hydrogens is 270 g/mol. The predicted octanol–water partition coefficient (Wildman–Crippen LogP) is 4.02. The van der Waals surface area contributed by atoms with Crippen LogP contribution in [0.25, 0.3) is 0 Å². The molecular formula is C20H23NO. The molecule has 1 fully saturated rings. The Labute approximate surface area is 132 Å². The summed E-state index contributed by atoms with van der Waals surface area (Å²) in [6.45, 7) is 1.22. The molecule has 4 rings (SSSR count). The van der Waals surface area contributed by atoms with Gasteiger partial charge in [-0.25, -0.2) is 0 Å². The molecule has 1 aliphatic carbocycles. The van der Waals surface area contributed by atoms with E-state index in [0.717, 1.165) is 5.75 Å². The normalized spacial score (nSPS) is 27.3. The van der Waals surface area contributed by atoms with Crippen molar-refractivity contribution in [3.63, 3.8) is 0 Å². The van der Waals surface area contributed by atoms with Crippen LogP contribution in [0.4, 0.5) is 0 Å². The SMILES string of the molecule is COc1cccc(C2C[C@H]3C(CCN3C)c3ccccc32)c1. The summed E-state index contributed by atoms with van der Waals surface area (Å²) in [5, 5.41) is 0. The minimum atomic E-state index is 0.480. The van der Waals surface area contributed by atoms with Crippen LogP contribution in [0, 0.1) is 0 Å². The number of hydrogen-bond acceptors (Lipinski definition) is 2. The lowest BCUT2D eigenvalue weighted by Gasteiger charge is -2.37. The van der Waals surface area contributed by atoms with Crippen LogP contribution >= 0.6 is 0 Å².